The van der Waals surface area contributed by atoms with Crippen LogP contribution in [0.1, 0.15) is 11.1 Å². The van der Waals surface area contributed by atoms with Gasteiger partial charge < -0.3 is 44.5 Å². The molecule has 45 heavy (non-hydrogen) atoms. The fourth-order valence-corrected chi connectivity index (χ4v) is 5.55. The van der Waals surface area contributed by atoms with Crippen molar-refractivity contribution in [2.45, 2.75) is 0 Å². The molecule has 4 aliphatic rings. The van der Waals surface area contributed by atoms with Crippen LogP contribution in [0.3, 0.4) is 0 Å². The van der Waals surface area contributed by atoms with Crippen molar-refractivity contribution >= 4 is 71.0 Å². The predicted octanol–water partition coefficient (Wildman–Crippen LogP) is 1.29. The fraction of sp³-hybridized carbons (Fsp3) is 0.400. The summed E-state index contributed by atoms with van der Waals surface area (Å²) in [7, 11) is 0. The molecular weight excluding hydrogens is 796 g/mol. The molecule has 0 unspecified atom stereocenters. The largest absolute Gasteiger partial charge is 2.00 e. The Bertz CT molecular complexity index is 1340. The number of benzene rings is 2. The molecule has 2 fully saturated rings. The molecule has 2 aromatic carbocycles. The smallest absolute Gasteiger partial charge is 0.766 e. The zero-order valence-corrected chi connectivity index (χ0v) is 28.5. The van der Waals surface area contributed by atoms with Crippen LogP contribution in [-0.2, 0) is 65.4 Å². The number of carbonyl (C=O) groups is 2. The van der Waals surface area contributed by atoms with Gasteiger partial charge in [0.15, 0.2) is 11.4 Å². The third-order valence-corrected chi connectivity index (χ3v) is 7.88. The molecule has 0 radical (unpaired) electrons. The topological polar surface area (TPSA) is 115 Å². The van der Waals surface area contributed by atoms with Gasteiger partial charge in [-0.2, -0.15) is 10.2 Å². The van der Waals surface area contributed by atoms with Gasteiger partial charge in [-0.25, -0.2) is 0 Å². The van der Waals surface area contributed by atoms with Gasteiger partial charge in [0, 0.05) is 63.5 Å². The number of fused-ring (bicyclic) bond motifs is 2. The van der Waals surface area contributed by atoms with Crippen molar-refractivity contribution in [3.8, 4) is 0 Å². The predicted molar refractivity (Wildman–Crippen MR) is 177 cm³/mol. The van der Waals surface area contributed by atoms with E-state index in [1.807, 2.05) is 48.5 Å². The number of hydrogen-bond donors (Lipinski definition) is 0. The molecule has 0 bridgehead atoms. The van der Waals surface area contributed by atoms with E-state index in [0.29, 0.717) is 24.5 Å². The maximum atomic E-state index is 12.6. The molecule has 0 N–H and O–H groups in total. The zero-order chi connectivity index (χ0) is 30.7. The summed E-state index contributed by atoms with van der Waals surface area (Å²) in [6.45, 7) is 9.55. The second kappa shape index (κ2) is 17.7. The van der Waals surface area contributed by atoms with E-state index in [-0.39, 0.29) is 32.9 Å². The number of hydrogen-bond acceptors (Lipinski definition) is 12. The quantitative estimate of drug-likeness (QED) is 0.170. The van der Waals surface area contributed by atoms with Crippen LogP contribution in [0.15, 0.2) is 68.9 Å². The Morgan fingerprint density at radius 1 is 0.622 bits per heavy atom. The molecule has 240 valence electrons. The van der Waals surface area contributed by atoms with E-state index < -0.39 is 0 Å². The number of amides is 2. The van der Waals surface area contributed by atoms with Crippen molar-refractivity contribution in [3.05, 3.63) is 59.7 Å². The Labute approximate surface area is 288 Å². The van der Waals surface area contributed by atoms with Gasteiger partial charge in [-0.3, -0.25) is 19.4 Å². The zero-order valence-electron chi connectivity index (χ0n) is 24.6. The van der Waals surface area contributed by atoms with E-state index in [9.17, 15) is 9.59 Å². The van der Waals surface area contributed by atoms with E-state index in [1.165, 1.54) is 11.1 Å². The molecule has 15 heteroatoms. The van der Waals surface area contributed by atoms with E-state index in [2.05, 4.69) is 55.5 Å². The number of nitrogens with zero attached hydrogens (tertiary/aromatic N) is 8. The van der Waals surface area contributed by atoms with Crippen LogP contribution in [0.2, 0.25) is 0 Å². The van der Waals surface area contributed by atoms with Crippen LogP contribution in [0, 0.1) is 0 Å². The number of ether oxygens (including phenoxy) is 2. The summed E-state index contributed by atoms with van der Waals surface area (Å²) < 4.78 is 10.7. The van der Waals surface area contributed by atoms with Gasteiger partial charge in [-0.15, -0.1) is 10.2 Å². The summed E-state index contributed by atoms with van der Waals surface area (Å²) in [5.41, 5.74) is 6.46. The van der Waals surface area contributed by atoms with Crippen molar-refractivity contribution in [2.24, 2.45) is 20.4 Å². The van der Waals surface area contributed by atoms with Crippen LogP contribution in [0.25, 0.3) is 0 Å². The summed E-state index contributed by atoms with van der Waals surface area (Å²) >= 11 is 9.30. The maximum absolute atomic E-state index is 12.6. The van der Waals surface area contributed by atoms with Crippen LogP contribution >= 0.6 is 0 Å². The van der Waals surface area contributed by atoms with Crippen molar-refractivity contribution in [1.29, 1.82) is 0 Å². The molecule has 2 saturated heterocycles. The normalized spacial score (nSPS) is 20.5. The standard InChI is InChI=1S/2C15H18N4O2S.Pt/c2*20-15-14(17-16-11-22)12-3-1-2-4-13(12)19(15)6-5-18-7-9-21-10-8-18;/h2*1-4,11H,5-10H2,(H,16,22);/q;;+2/p-2/b2*17-14+;. The molecule has 12 nitrogen and oxygen atoms in total. The van der Waals surface area contributed by atoms with Gasteiger partial charge in [0.2, 0.25) is 0 Å². The van der Waals surface area contributed by atoms with Gasteiger partial charge in [0.1, 0.15) is 0 Å². The number of anilines is 2. The average molecular weight is 830 g/mol. The second-order valence-electron chi connectivity index (χ2n) is 10.2. The number of rotatable bonds is 8. The Hall–Kier alpha value is -2.97. The Morgan fingerprint density at radius 3 is 1.38 bits per heavy atom. The molecule has 2 amide bonds. The first-order valence-corrected chi connectivity index (χ1v) is 15.4. The van der Waals surface area contributed by atoms with Gasteiger partial charge >= 0.3 is 21.1 Å². The van der Waals surface area contributed by atoms with Crippen LogP contribution < -0.4 is 9.80 Å². The van der Waals surface area contributed by atoms with Crippen LogP contribution in [0.4, 0.5) is 11.4 Å². The molecule has 0 aromatic heterocycles. The van der Waals surface area contributed by atoms with Gasteiger partial charge in [0.05, 0.1) is 37.8 Å². The second-order valence-corrected chi connectivity index (χ2v) is 10.6. The SMILES string of the molecule is O=C1/C(=N/N=C\[S-])c2ccccc2N1CCN1CCOCC1.O=C1/C(=N/N=C\[S-])c2ccccc2N1CCN1CCOCC1.[Pt+2]. The summed E-state index contributed by atoms with van der Waals surface area (Å²) in [4.78, 5) is 33.3. The third-order valence-electron chi connectivity index (χ3n) is 7.69. The monoisotopic (exact) mass is 829 g/mol. The minimum absolute atomic E-state index is 0. The van der Waals surface area contributed by atoms with Crippen molar-refractivity contribution < 1.29 is 40.1 Å². The molecule has 0 aliphatic carbocycles. The minimum Gasteiger partial charge on any atom is -0.766 e. The Balaban J connectivity index is 0.000000200. The van der Waals surface area contributed by atoms with Gasteiger partial charge in [0.25, 0.3) is 11.8 Å². The van der Waals surface area contributed by atoms with Gasteiger partial charge in [-0.1, -0.05) is 47.5 Å². The third kappa shape index (κ3) is 8.64. The maximum Gasteiger partial charge on any atom is 2.00 e. The molecular formula is C30H34N8O4PtS2. The average Bonchev–Trinajstić information content (AvgIpc) is 3.50. The molecule has 2 aromatic rings. The van der Waals surface area contributed by atoms with Crippen LogP contribution in [-0.4, -0.2) is 123 Å². The van der Waals surface area contributed by atoms with E-state index in [0.717, 1.165) is 88.2 Å². The molecule has 4 aliphatic heterocycles. The van der Waals surface area contributed by atoms with E-state index >= 15 is 0 Å². The summed E-state index contributed by atoms with van der Waals surface area (Å²) in [5, 5.41) is 15.3. The van der Waals surface area contributed by atoms with Crippen molar-refractivity contribution in [3.63, 3.8) is 0 Å². The van der Waals surface area contributed by atoms with E-state index in [4.69, 9.17) is 9.47 Å². The number of carbonyl (C=O) groups excluding carboxylic acids is 2. The van der Waals surface area contributed by atoms with Crippen LogP contribution in [0.5, 0.6) is 0 Å². The first-order valence-electron chi connectivity index (χ1n) is 14.5. The fourth-order valence-electron chi connectivity index (χ4n) is 5.46. The van der Waals surface area contributed by atoms with Crippen molar-refractivity contribution in [1.82, 2.24) is 9.80 Å². The summed E-state index contributed by atoms with van der Waals surface area (Å²) in [5.74, 6) is -0.231. The first kappa shape index (κ1) is 34.9. The van der Waals surface area contributed by atoms with Crippen molar-refractivity contribution in [2.75, 3.05) is 88.6 Å². The molecule has 6 rings (SSSR count). The summed E-state index contributed by atoms with van der Waals surface area (Å²) in [6.07, 6.45) is 0. The summed E-state index contributed by atoms with van der Waals surface area (Å²) in [6, 6.07) is 15.3. The van der Waals surface area contributed by atoms with Gasteiger partial charge in [-0.05, 0) is 12.1 Å². The minimum atomic E-state index is -0.116. The molecule has 0 spiro atoms. The molecule has 0 atom stereocenters. The number of morpholine rings is 2. The molecule has 4 heterocycles. The first-order chi connectivity index (χ1) is 21.6. The Kier molecular flexibility index (Phi) is 13.7. The number of para-hydroxylation sites is 2. The Morgan fingerprint density at radius 2 is 1.00 bits per heavy atom. The van der Waals surface area contributed by atoms with E-state index in [1.54, 1.807) is 9.80 Å². The molecule has 0 saturated carbocycles.